The fourth-order valence-electron chi connectivity index (χ4n) is 2.06. The Morgan fingerprint density at radius 3 is 2.64 bits per heavy atom. The Morgan fingerprint density at radius 2 is 1.92 bits per heavy atom. The Bertz CT molecular complexity index is 703. The number of rotatable bonds is 8. The Balaban J connectivity index is 1.72. The molecule has 6 nitrogen and oxygen atoms in total. The summed E-state index contributed by atoms with van der Waals surface area (Å²) in [5.74, 6) is -0.429. The first-order chi connectivity index (χ1) is 12.1. The topological polar surface area (TPSA) is 80.3 Å². The number of alkyl carbamates (subject to hydrolysis) is 1. The zero-order chi connectivity index (χ0) is 18.1. The molecule has 1 aromatic carbocycles. The van der Waals surface area contributed by atoms with Gasteiger partial charge in [-0.3, -0.25) is 4.79 Å². The first kappa shape index (κ1) is 18.9. The average Bonchev–Trinajstić information content (AvgIpc) is 3.01. The second-order valence-corrected chi connectivity index (χ2v) is 6.15. The third-order valence-electron chi connectivity index (χ3n) is 3.20. The molecule has 0 bridgehead atoms. The molecule has 8 heteroatoms. The summed E-state index contributed by atoms with van der Waals surface area (Å²) >= 11 is 1.47. The summed E-state index contributed by atoms with van der Waals surface area (Å²) in [4.78, 5) is 27.4. The predicted molar refractivity (Wildman–Crippen MR) is 93.1 cm³/mol. The Hall–Kier alpha value is -2.48. The van der Waals surface area contributed by atoms with Crippen LogP contribution in [-0.4, -0.2) is 36.7 Å². The average molecular weight is 365 g/mol. The summed E-state index contributed by atoms with van der Waals surface area (Å²) in [6.45, 7) is 2.66. The van der Waals surface area contributed by atoms with E-state index in [1.165, 1.54) is 23.5 Å². The van der Waals surface area contributed by atoms with E-state index >= 15 is 0 Å². The van der Waals surface area contributed by atoms with Crippen molar-refractivity contribution in [2.24, 2.45) is 0 Å². The highest BCUT2D eigenvalue weighted by Crippen LogP contribution is 2.15. The number of aromatic nitrogens is 1. The number of carbonyl (C=O) groups is 2. The van der Waals surface area contributed by atoms with Crippen LogP contribution in [0.25, 0.3) is 0 Å². The standard InChI is InChI=1S/C17H20FN3O3S/c1-2-24-17(23)20-8-7-19-15(22)10-14-11-25-16(21-14)9-12-3-5-13(18)6-4-12/h3-6,11H,2,7-10H2,1H3,(H,19,22)(H,20,23). The van der Waals surface area contributed by atoms with E-state index < -0.39 is 6.09 Å². The molecule has 0 saturated carbocycles. The minimum atomic E-state index is -0.498. The molecule has 0 aliphatic heterocycles. The number of thiazole rings is 1. The van der Waals surface area contributed by atoms with Crippen LogP contribution in [0.4, 0.5) is 9.18 Å². The van der Waals surface area contributed by atoms with E-state index in [1.807, 2.05) is 5.38 Å². The second kappa shape index (κ2) is 9.73. The van der Waals surface area contributed by atoms with Crippen molar-refractivity contribution in [3.63, 3.8) is 0 Å². The van der Waals surface area contributed by atoms with Crippen molar-refractivity contribution in [2.45, 2.75) is 19.8 Å². The molecule has 2 aromatic rings. The minimum absolute atomic E-state index is 0.163. The van der Waals surface area contributed by atoms with Crippen LogP contribution < -0.4 is 10.6 Å². The monoisotopic (exact) mass is 365 g/mol. The SMILES string of the molecule is CCOC(=O)NCCNC(=O)Cc1csc(Cc2ccc(F)cc2)n1. The molecule has 0 aliphatic rings. The van der Waals surface area contributed by atoms with Crippen molar-refractivity contribution in [3.05, 3.63) is 51.7 Å². The Kier molecular flexibility index (Phi) is 7.34. The largest absolute Gasteiger partial charge is 0.450 e. The summed E-state index contributed by atoms with van der Waals surface area (Å²) in [7, 11) is 0. The molecular formula is C17H20FN3O3S. The molecular weight excluding hydrogens is 345 g/mol. The number of ether oxygens (including phenoxy) is 1. The van der Waals surface area contributed by atoms with Crippen molar-refractivity contribution in [1.29, 1.82) is 0 Å². The molecule has 0 atom stereocenters. The molecule has 134 valence electrons. The van der Waals surface area contributed by atoms with Crippen LogP contribution in [0.1, 0.15) is 23.2 Å². The number of carbonyl (C=O) groups excluding carboxylic acids is 2. The van der Waals surface area contributed by atoms with Gasteiger partial charge in [0.1, 0.15) is 5.82 Å². The molecule has 2 amide bonds. The number of nitrogens with one attached hydrogen (secondary N) is 2. The maximum atomic E-state index is 12.9. The molecule has 2 rings (SSSR count). The van der Waals surface area contributed by atoms with Gasteiger partial charge in [-0.05, 0) is 24.6 Å². The van der Waals surface area contributed by atoms with Gasteiger partial charge in [-0.25, -0.2) is 14.2 Å². The molecule has 0 radical (unpaired) electrons. The van der Waals surface area contributed by atoms with Crippen LogP contribution in [0.2, 0.25) is 0 Å². The molecule has 0 unspecified atom stereocenters. The third kappa shape index (κ3) is 6.88. The molecule has 25 heavy (non-hydrogen) atoms. The number of hydrogen-bond donors (Lipinski definition) is 2. The lowest BCUT2D eigenvalue weighted by molar-refractivity contribution is -0.120. The van der Waals surface area contributed by atoms with E-state index in [4.69, 9.17) is 4.74 Å². The Morgan fingerprint density at radius 1 is 1.20 bits per heavy atom. The maximum Gasteiger partial charge on any atom is 0.407 e. The van der Waals surface area contributed by atoms with Gasteiger partial charge in [0.2, 0.25) is 5.91 Å². The smallest absolute Gasteiger partial charge is 0.407 e. The van der Waals surface area contributed by atoms with Gasteiger partial charge < -0.3 is 15.4 Å². The highest BCUT2D eigenvalue weighted by Gasteiger charge is 2.08. The normalized spacial score (nSPS) is 10.3. The zero-order valence-corrected chi connectivity index (χ0v) is 14.7. The second-order valence-electron chi connectivity index (χ2n) is 5.21. The molecule has 2 N–H and O–H groups in total. The zero-order valence-electron chi connectivity index (χ0n) is 13.9. The van der Waals surface area contributed by atoms with Gasteiger partial charge in [0.15, 0.2) is 0 Å². The van der Waals surface area contributed by atoms with Crippen molar-refractivity contribution in [2.75, 3.05) is 19.7 Å². The van der Waals surface area contributed by atoms with Crippen LogP contribution in [0.5, 0.6) is 0 Å². The molecule has 1 aromatic heterocycles. The van der Waals surface area contributed by atoms with Crippen LogP contribution in [0.15, 0.2) is 29.6 Å². The minimum Gasteiger partial charge on any atom is -0.450 e. The van der Waals surface area contributed by atoms with Crippen molar-refractivity contribution in [3.8, 4) is 0 Å². The summed E-state index contributed by atoms with van der Waals surface area (Å²) in [6, 6.07) is 6.28. The summed E-state index contributed by atoms with van der Waals surface area (Å²) in [6.07, 6.45) is 0.289. The van der Waals surface area contributed by atoms with E-state index in [-0.39, 0.29) is 18.1 Å². The molecule has 0 spiro atoms. The lowest BCUT2D eigenvalue weighted by atomic mass is 10.1. The lowest BCUT2D eigenvalue weighted by Crippen LogP contribution is -2.35. The van der Waals surface area contributed by atoms with Gasteiger partial charge >= 0.3 is 6.09 Å². The first-order valence-electron chi connectivity index (χ1n) is 7.92. The molecule has 0 fully saturated rings. The van der Waals surface area contributed by atoms with Crippen molar-refractivity contribution >= 4 is 23.3 Å². The van der Waals surface area contributed by atoms with Crippen LogP contribution in [0, 0.1) is 5.82 Å². The fraction of sp³-hybridized carbons (Fsp3) is 0.353. The number of hydrogen-bond acceptors (Lipinski definition) is 5. The van der Waals surface area contributed by atoms with Gasteiger partial charge in [-0.2, -0.15) is 0 Å². The summed E-state index contributed by atoms with van der Waals surface area (Å²) in [5.41, 5.74) is 1.66. The van der Waals surface area contributed by atoms with E-state index in [2.05, 4.69) is 15.6 Å². The third-order valence-corrected chi connectivity index (χ3v) is 4.10. The van der Waals surface area contributed by atoms with Crippen LogP contribution in [0.3, 0.4) is 0 Å². The first-order valence-corrected chi connectivity index (χ1v) is 8.80. The van der Waals surface area contributed by atoms with Crippen molar-refractivity contribution < 1.29 is 18.7 Å². The number of benzene rings is 1. The number of halogens is 1. The molecule has 0 aliphatic carbocycles. The van der Waals surface area contributed by atoms with Gasteiger partial charge in [0, 0.05) is 24.9 Å². The predicted octanol–water partition coefficient (Wildman–Crippen LogP) is 2.28. The molecule has 0 saturated heterocycles. The number of amides is 2. The fourth-order valence-corrected chi connectivity index (χ4v) is 2.89. The summed E-state index contributed by atoms with van der Waals surface area (Å²) < 4.78 is 17.6. The molecule has 1 heterocycles. The lowest BCUT2D eigenvalue weighted by Gasteiger charge is -2.06. The quantitative estimate of drug-likeness (QED) is 0.704. The van der Waals surface area contributed by atoms with Gasteiger partial charge in [0.25, 0.3) is 0 Å². The van der Waals surface area contributed by atoms with E-state index in [0.29, 0.717) is 31.8 Å². The van der Waals surface area contributed by atoms with Gasteiger partial charge in [-0.15, -0.1) is 11.3 Å². The van der Waals surface area contributed by atoms with E-state index in [9.17, 15) is 14.0 Å². The highest BCUT2D eigenvalue weighted by atomic mass is 32.1. The highest BCUT2D eigenvalue weighted by molar-refractivity contribution is 7.09. The van der Waals surface area contributed by atoms with Crippen LogP contribution >= 0.6 is 11.3 Å². The van der Waals surface area contributed by atoms with Crippen molar-refractivity contribution in [1.82, 2.24) is 15.6 Å². The van der Waals surface area contributed by atoms with Crippen LogP contribution in [-0.2, 0) is 22.4 Å². The summed E-state index contributed by atoms with van der Waals surface area (Å²) in [5, 5.41) is 7.95. The van der Waals surface area contributed by atoms with E-state index in [0.717, 1.165) is 10.6 Å². The Labute approximate surface area is 149 Å². The maximum absolute atomic E-state index is 12.9. The number of nitrogens with zero attached hydrogens (tertiary/aromatic N) is 1. The van der Waals surface area contributed by atoms with Gasteiger partial charge in [-0.1, -0.05) is 12.1 Å². The van der Waals surface area contributed by atoms with Gasteiger partial charge in [0.05, 0.1) is 23.7 Å². The van der Waals surface area contributed by atoms with E-state index in [1.54, 1.807) is 19.1 Å².